The fourth-order valence-electron chi connectivity index (χ4n) is 3.50. The van der Waals surface area contributed by atoms with Gasteiger partial charge in [-0.25, -0.2) is 4.98 Å². The number of thiophene rings is 1. The molecule has 0 aromatic carbocycles. The summed E-state index contributed by atoms with van der Waals surface area (Å²) in [7, 11) is 0. The number of aromatic nitrogens is 3. The average molecular weight is 395 g/mol. The van der Waals surface area contributed by atoms with Crippen molar-refractivity contribution in [3.63, 3.8) is 0 Å². The standard InChI is InChI=1S/C20H21N5O2S/c26-17(12-14-5-11-28-13-14)24-7-9-25(10-8-24)18-16(2-1-6-21-18)20-23-22-19(27-20)15-3-4-15/h1-2,5-6,11,13,15H,3-4,7-10,12H2. The van der Waals surface area contributed by atoms with Gasteiger partial charge in [0.25, 0.3) is 5.89 Å². The molecule has 0 N–H and O–H groups in total. The molecule has 5 rings (SSSR count). The molecule has 0 radical (unpaired) electrons. The minimum atomic E-state index is 0.185. The summed E-state index contributed by atoms with van der Waals surface area (Å²) in [5, 5.41) is 12.5. The molecule has 144 valence electrons. The molecule has 0 spiro atoms. The van der Waals surface area contributed by atoms with Crippen LogP contribution in [0, 0.1) is 0 Å². The van der Waals surface area contributed by atoms with E-state index in [4.69, 9.17) is 4.42 Å². The van der Waals surface area contributed by atoms with E-state index in [1.807, 2.05) is 33.9 Å². The summed E-state index contributed by atoms with van der Waals surface area (Å²) in [6.07, 6.45) is 4.52. The third-order valence-corrected chi connectivity index (χ3v) is 5.98. The van der Waals surface area contributed by atoms with E-state index in [9.17, 15) is 4.79 Å². The maximum Gasteiger partial charge on any atom is 0.251 e. The first kappa shape index (κ1) is 17.4. The fourth-order valence-corrected chi connectivity index (χ4v) is 4.17. The minimum absolute atomic E-state index is 0.185. The lowest BCUT2D eigenvalue weighted by Gasteiger charge is -2.36. The van der Waals surface area contributed by atoms with Crippen LogP contribution in [0.2, 0.25) is 0 Å². The van der Waals surface area contributed by atoms with Gasteiger partial charge >= 0.3 is 0 Å². The zero-order valence-electron chi connectivity index (χ0n) is 15.5. The molecule has 2 aliphatic rings. The van der Waals surface area contributed by atoms with Gasteiger partial charge in [0, 0.05) is 38.3 Å². The van der Waals surface area contributed by atoms with Crippen LogP contribution in [0.25, 0.3) is 11.5 Å². The van der Waals surface area contributed by atoms with E-state index in [0.717, 1.165) is 48.8 Å². The lowest BCUT2D eigenvalue weighted by Crippen LogP contribution is -2.49. The van der Waals surface area contributed by atoms with Gasteiger partial charge in [-0.3, -0.25) is 4.79 Å². The van der Waals surface area contributed by atoms with Gasteiger partial charge in [-0.2, -0.15) is 11.3 Å². The third-order valence-electron chi connectivity index (χ3n) is 5.25. The van der Waals surface area contributed by atoms with Gasteiger partial charge in [0.05, 0.1) is 12.0 Å². The summed E-state index contributed by atoms with van der Waals surface area (Å²) in [5.41, 5.74) is 1.95. The number of hydrogen-bond donors (Lipinski definition) is 0. The second-order valence-electron chi connectivity index (χ2n) is 7.27. The lowest BCUT2D eigenvalue weighted by atomic mass is 10.2. The van der Waals surface area contributed by atoms with Crippen molar-refractivity contribution in [1.29, 1.82) is 0 Å². The predicted molar refractivity (Wildman–Crippen MR) is 106 cm³/mol. The van der Waals surface area contributed by atoms with Crippen molar-refractivity contribution in [3.05, 3.63) is 46.6 Å². The van der Waals surface area contributed by atoms with E-state index < -0.39 is 0 Å². The highest BCUT2D eigenvalue weighted by Crippen LogP contribution is 2.40. The minimum Gasteiger partial charge on any atom is -0.420 e. The highest BCUT2D eigenvalue weighted by atomic mass is 32.1. The highest BCUT2D eigenvalue weighted by molar-refractivity contribution is 7.08. The number of carbonyl (C=O) groups is 1. The van der Waals surface area contributed by atoms with E-state index in [-0.39, 0.29) is 5.91 Å². The van der Waals surface area contributed by atoms with E-state index in [0.29, 0.717) is 31.3 Å². The van der Waals surface area contributed by atoms with Crippen LogP contribution in [0.4, 0.5) is 5.82 Å². The van der Waals surface area contributed by atoms with Crippen LogP contribution < -0.4 is 4.90 Å². The average Bonchev–Trinajstić information content (AvgIpc) is 3.24. The summed E-state index contributed by atoms with van der Waals surface area (Å²) in [6, 6.07) is 5.88. The summed E-state index contributed by atoms with van der Waals surface area (Å²) in [6.45, 7) is 2.86. The number of nitrogens with zero attached hydrogens (tertiary/aromatic N) is 5. The van der Waals surface area contributed by atoms with Gasteiger partial charge in [-0.15, -0.1) is 10.2 Å². The van der Waals surface area contributed by atoms with Crippen LogP contribution in [0.1, 0.15) is 30.2 Å². The molecule has 0 bridgehead atoms. The number of hydrogen-bond acceptors (Lipinski definition) is 7. The van der Waals surface area contributed by atoms with Crippen molar-refractivity contribution in [2.24, 2.45) is 0 Å². The van der Waals surface area contributed by atoms with Gasteiger partial charge in [0.2, 0.25) is 11.8 Å². The Morgan fingerprint density at radius 2 is 2.04 bits per heavy atom. The summed E-state index contributed by atoms with van der Waals surface area (Å²) >= 11 is 1.63. The number of rotatable bonds is 5. The number of pyridine rings is 1. The molecule has 4 heterocycles. The topological polar surface area (TPSA) is 75.4 Å². The molecule has 2 fully saturated rings. The quantitative estimate of drug-likeness (QED) is 0.661. The molecular formula is C20H21N5O2S. The van der Waals surface area contributed by atoms with Gasteiger partial charge in [-0.1, -0.05) is 0 Å². The van der Waals surface area contributed by atoms with Crippen molar-refractivity contribution < 1.29 is 9.21 Å². The first-order chi connectivity index (χ1) is 13.8. The molecule has 28 heavy (non-hydrogen) atoms. The van der Waals surface area contributed by atoms with Gasteiger partial charge in [0.1, 0.15) is 5.82 Å². The van der Waals surface area contributed by atoms with E-state index in [2.05, 4.69) is 20.1 Å². The Labute approximate surface area is 167 Å². The zero-order valence-corrected chi connectivity index (χ0v) is 16.3. The summed E-state index contributed by atoms with van der Waals surface area (Å²) in [5.74, 6) is 2.72. The Kier molecular flexibility index (Phi) is 4.56. The van der Waals surface area contributed by atoms with E-state index in [1.54, 1.807) is 17.5 Å². The van der Waals surface area contributed by atoms with Crippen LogP contribution >= 0.6 is 11.3 Å². The third kappa shape index (κ3) is 3.52. The maximum absolute atomic E-state index is 12.5. The molecule has 1 amide bonds. The predicted octanol–water partition coefficient (Wildman–Crippen LogP) is 2.96. The molecule has 8 heteroatoms. The molecule has 1 aliphatic heterocycles. The molecule has 3 aromatic heterocycles. The normalized spacial score (nSPS) is 17.1. The van der Waals surface area contributed by atoms with Gasteiger partial charge < -0.3 is 14.2 Å². The van der Waals surface area contributed by atoms with E-state index in [1.165, 1.54) is 0 Å². The van der Waals surface area contributed by atoms with Crippen molar-refractivity contribution in [2.75, 3.05) is 31.1 Å². The Balaban J connectivity index is 1.28. The monoisotopic (exact) mass is 395 g/mol. The maximum atomic E-state index is 12.5. The molecule has 1 saturated heterocycles. The Morgan fingerprint density at radius 3 is 2.79 bits per heavy atom. The van der Waals surface area contributed by atoms with Crippen molar-refractivity contribution >= 4 is 23.1 Å². The fraction of sp³-hybridized carbons (Fsp3) is 0.400. The van der Waals surface area contributed by atoms with Crippen molar-refractivity contribution in [2.45, 2.75) is 25.2 Å². The summed E-state index contributed by atoms with van der Waals surface area (Å²) in [4.78, 5) is 21.2. The van der Waals surface area contributed by atoms with Crippen molar-refractivity contribution in [1.82, 2.24) is 20.1 Å². The smallest absolute Gasteiger partial charge is 0.251 e. The Hall–Kier alpha value is -2.74. The number of carbonyl (C=O) groups excluding carboxylic acids is 1. The number of piperazine rings is 1. The molecule has 1 aliphatic carbocycles. The van der Waals surface area contributed by atoms with Crippen LogP contribution in [0.3, 0.4) is 0 Å². The van der Waals surface area contributed by atoms with Crippen LogP contribution in [-0.2, 0) is 11.2 Å². The SMILES string of the molecule is O=C(Cc1ccsc1)N1CCN(c2ncccc2-c2nnc(C3CC3)o2)CC1. The summed E-state index contributed by atoms with van der Waals surface area (Å²) < 4.78 is 5.89. The molecule has 0 atom stereocenters. The largest absolute Gasteiger partial charge is 0.420 e. The number of amides is 1. The van der Waals surface area contributed by atoms with Crippen LogP contribution in [0.5, 0.6) is 0 Å². The molecule has 0 unspecified atom stereocenters. The highest BCUT2D eigenvalue weighted by Gasteiger charge is 2.30. The van der Waals surface area contributed by atoms with Gasteiger partial charge in [-0.05, 0) is 47.4 Å². The molecule has 3 aromatic rings. The molecular weight excluding hydrogens is 374 g/mol. The van der Waals surface area contributed by atoms with Crippen LogP contribution in [-0.4, -0.2) is 52.2 Å². The van der Waals surface area contributed by atoms with Crippen molar-refractivity contribution in [3.8, 4) is 11.5 Å². The number of anilines is 1. The second kappa shape index (κ2) is 7.35. The first-order valence-electron chi connectivity index (χ1n) is 9.60. The molecule has 1 saturated carbocycles. The zero-order chi connectivity index (χ0) is 18.9. The Morgan fingerprint density at radius 1 is 1.18 bits per heavy atom. The lowest BCUT2D eigenvalue weighted by molar-refractivity contribution is -0.130. The van der Waals surface area contributed by atoms with Crippen LogP contribution in [0.15, 0.2) is 39.6 Å². The van der Waals surface area contributed by atoms with E-state index >= 15 is 0 Å². The Bertz CT molecular complexity index is 959. The van der Waals surface area contributed by atoms with Gasteiger partial charge in [0.15, 0.2) is 0 Å². The second-order valence-corrected chi connectivity index (χ2v) is 8.05. The first-order valence-corrected chi connectivity index (χ1v) is 10.5. The molecule has 7 nitrogen and oxygen atoms in total.